The van der Waals surface area contributed by atoms with E-state index in [-0.39, 0.29) is 0 Å². The number of rotatable bonds is 4. The second kappa shape index (κ2) is 8.36. The van der Waals surface area contributed by atoms with Gasteiger partial charge in [0, 0.05) is 6.07 Å². The largest absolute Gasteiger partial charge is 0.221 e. The van der Waals surface area contributed by atoms with Crippen LogP contribution in [0.1, 0.15) is 106 Å². The zero-order valence-corrected chi connectivity index (χ0v) is 22.5. The molecule has 34 heavy (non-hydrogen) atoms. The van der Waals surface area contributed by atoms with E-state index in [2.05, 4.69) is 90.4 Å². The highest BCUT2D eigenvalue weighted by Gasteiger charge is 2.35. The minimum Gasteiger partial charge on any atom is -0.200 e. The van der Waals surface area contributed by atoms with Gasteiger partial charge in [-0.1, -0.05) is 57.5 Å². The third kappa shape index (κ3) is 3.92. The van der Waals surface area contributed by atoms with Gasteiger partial charge in [0.15, 0.2) is 6.17 Å². The van der Waals surface area contributed by atoms with Crippen LogP contribution in [0.3, 0.4) is 0 Å². The lowest BCUT2D eigenvalue weighted by atomic mass is 9.71. The summed E-state index contributed by atoms with van der Waals surface area (Å²) in [5, 5.41) is 2.60. The maximum atomic E-state index is 8.87. The molecule has 0 aliphatic heterocycles. The summed E-state index contributed by atoms with van der Waals surface area (Å²) in [6, 6.07) is 11.7. The Morgan fingerprint density at radius 3 is 2.41 bits per heavy atom. The molecule has 3 aromatic rings. The van der Waals surface area contributed by atoms with Gasteiger partial charge in [-0.25, -0.2) is 4.57 Å². The van der Waals surface area contributed by atoms with Crippen LogP contribution < -0.4 is 4.57 Å². The minimum atomic E-state index is 0.468. The predicted octanol–water partition coefficient (Wildman–Crippen LogP) is 8.59. The number of allylic oxidation sites excluding steroid dienone is 1. The van der Waals surface area contributed by atoms with Gasteiger partial charge in [0.25, 0.3) is 0 Å². The summed E-state index contributed by atoms with van der Waals surface area (Å²) in [5.74, 6) is 1.19. The molecule has 2 aliphatic rings. The fraction of sp³-hybridized carbons (Fsp3) is 0.485. The van der Waals surface area contributed by atoms with Crippen molar-refractivity contribution in [2.24, 2.45) is 18.4 Å². The van der Waals surface area contributed by atoms with Crippen LogP contribution in [-0.4, -0.2) is 0 Å². The highest BCUT2D eigenvalue weighted by Crippen LogP contribution is 2.49. The summed E-state index contributed by atoms with van der Waals surface area (Å²) < 4.78 is 11.0. The zero-order valence-electron chi connectivity index (χ0n) is 23.5. The molecular weight excluding hydrogens is 410 g/mol. The van der Waals surface area contributed by atoms with Crippen LogP contribution in [0.2, 0.25) is 0 Å². The van der Waals surface area contributed by atoms with E-state index in [1.54, 1.807) is 0 Å². The minimum absolute atomic E-state index is 0.468. The van der Waals surface area contributed by atoms with Crippen molar-refractivity contribution in [1.82, 2.24) is 0 Å². The number of pyridine rings is 1. The van der Waals surface area contributed by atoms with E-state index in [1.165, 1.54) is 86.7 Å². The predicted molar refractivity (Wildman–Crippen MR) is 146 cm³/mol. The summed E-state index contributed by atoms with van der Waals surface area (Å²) in [6.45, 7) is 16.2. The highest BCUT2D eigenvalue weighted by atomic mass is 14.9. The quantitative estimate of drug-likeness (QED) is 0.348. The first-order chi connectivity index (χ1) is 16.5. The lowest BCUT2D eigenvalue weighted by Crippen LogP contribution is -2.32. The van der Waals surface area contributed by atoms with Crippen LogP contribution in [-0.2, 0) is 7.05 Å². The molecule has 0 radical (unpaired) electrons. The third-order valence-electron chi connectivity index (χ3n) is 8.54. The lowest BCUT2D eigenvalue weighted by Gasteiger charge is -2.34. The summed E-state index contributed by atoms with van der Waals surface area (Å²) in [5.41, 5.74) is 12.8. The van der Waals surface area contributed by atoms with Gasteiger partial charge >= 0.3 is 0 Å². The molecular formula is C33H42N+. The SMILES string of the molecule is [2H]c1cc2cc(C3CCC(C)(C)CC3)cc3c2c([n+]1C)C(c1cc(C)cc(C)c1C)=C3CC(C)C. The molecule has 2 aliphatic carbocycles. The first-order valence-corrected chi connectivity index (χ1v) is 13.3. The standard InChI is InChI=1S/C33H42N/c1-20(2)15-28-29-19-26(24-9-12-33(6,7)13-10-24)18-25-11-14-34(8)32(30(25)29)31(28)27-17-21(3)16-22(4)23(27)5/h11,14,16-20,24H,9-10,12-13,15H2,1-8H3/q+1/i14D. The molecule has 2 aromatic carbocycles. The van der Waals surface area contributed by atoms with Gasteiger partial charge in [-0.3, -0.25) is 0 Å². The van der Waals surface area contributed by atoms with E-state index in [9.17, 15) is 0 Å². The molecule has 1 aromatic heterocycles. The Bertz CT molecular complexity index is 1360. The summed E-state index contributed by atoms with van der Waals surface area (Å²) >= 11 is 0. The maximum absolute atomic E-state index is 8.87. The van der Waals surface area contributed by atoms with Crippen molar-refractivity contribution in [1.29, 1.82) is 0 Å². The van der Waals surface area contributed by atoms with Crippen LogP contribution in [0.5, 0.6) is 0 Å². The monoisotopic (exact) mass is 453 g/mol. The Kier molecular flexibility index (Phi) is 5.43. The van der Waals surface area contributed by atoms with Crippen LogP contribution >= 0.6 is 0 Å². The smallest absolute Gasteiger partial charge is 0.200 e. The molecule has 1 heteroatoms. The molecule has 0 bridgehead atoms. The second-order valence-corrected chi connectivity index (χ2v) is 12.4. The maximum Gasteiger partial charge on any atom is 0.221 e. The number of benzene rings is 2. The Hall–Kier alpha value is -2.41. The van der Waals surface area contributed by atoms with Crippen LogP contribution in [0, 0.1) is 32.1 Å². The first kappa shape index (κ1) is 22.1. The molecule has 1 nitrogen and oxygen atoms in total. The number of hydrogen-bond acceptors (Lipinski definition) is 0. The number of aryl methyl sites for hydroxylation is 2. The third-order valence-corrected chi connectivity index (χ3v) is 8.54. The fourth-order valence-corrected chi connectivity index (χ4v) is 6.45. The Morgan fingerprint density at radius 2 is 1.74 bits per heavy atom. The van der Waals surface area contributed by atoms with E-state index in [4.69, 9.17) is 1.37 Å². The fourth-order valence-electron chi connectivity index (χ4n) is 6.45. The average molecular weight is 454 g/mol. The average Bonchev–Trinajstić information content (AvgIpc) is 3.08. The van der Waals surface area contributed by atoms with Crippen LogP contribution in [0.25, 0.3) is 21.9 Å². The molecule has 1 saturated carbocycles. The van der Waals surface area contributed by atoms with Gasteiger partial charge in [-0.15, -0.1) is 0 Å². The van der Waals surface area contributed by atoms with E-state index < -0.39 is 0 Å². The van der Waals surface area contributed by atoms with Gasteiger partial charge in [-0.05, 0) is 109 Å². The molecule has 0 unspecified atom stereocenters. The molecule has 1 heterocycles. The summed E-state index contributed by atoms with van der Waals surface area (Å²) in [4.78, 5) is 0. The lowest BCUT2D eigenvalue weighted by molar-refractivity contribution is -0.672. The molecule has 1 fully saturated rings. The molecule has 0 N–H and O–H groups in total. The van der Waals surface area contributed by atoms with Gasteiger partial charge in [0.2, 0.25) is 5.69 Å². The molecule has 0 spiro atoms. The number of aromatic nitrogens is 1. The van der Waals surface area contributed by atoms with Crippen molar-refractivity contribution >= 4 is 21.9 Å². The Labute approximate surface area is 208 Å². The highest BCUT2D eigenvalue weighted by molar-refractivity contribution is 6.16. The Balaban J connectivity index is 1.80. The van der Waals surface area contributed by atoms with Gasteiger partial charge in [0.1, 0.15) is 8.42 Å². The van der Waals surface area contributed by atoms with Gasteiger partial charge < -0.3 is 0 Å². The van der Waals surface area contributed by atoms with E-state index in [1.807, 2.05) is 0 Å². The van der Waals surface area contributed by atoms with Crippen molar-refractivity contribution in [2.75, 3.05) is 0 Å². The number of hydrogen-bond donors (Lipinski definition) is 0. The van der Waals surface area contributed by atoms with Crippen LogP contribution in [0.4, 0.5) is 0 Å². The summed E-state index contributed by atoms with van der Waals surface area (Å²) in [7, 11) is 2.08. The molecule has 0 saturated heterocycles. The van der Waals surface area contributed by atoms with E-state index in [0.29, 0.717) is 23.4 Å². The number of nitrogens with zero attached hydrogens (tertiary/aromatic N) is 1. The van der Waals surface area contributed by atoms with Crippen molar-refractivity contribution in [3.05, 3.63) is 75.6 Å². The first-order valence-electron chi connectivity index (χ1n) is 13.8. The van der Waals surface area contributed by atoms with Crippen LogP contribution in [0.15, 0.2) is 36.5 Å². The van der Waals surface area contributed by atoms with Gasteiger partial charge in [-0.2, -0.15) is 0 Å². The Morgan fingerprint density at radius 1 is 1.03 bits per heavy atom. The molecule has 5 rings (SSSR count). The van der Waals surface area contributed by atoms with Crippen molar-refractivity contribution < 1.29 is 5.94 Å². The zero-order chi connectivity index (χ0) is 25.2. The second-order valence-electron chi connectivity index (χ2n) is 12.4. The summed E-state index contributed by atoms with van der Waals surface area (Å²) in [6.07, 6.45) is 6.78. The topological polar surface area (TPSA) is 3.88 Å². The van der Waals surface area contributed by atoms with Crippen molar-refractivity contribution in [3.63, 3.8) is 0 Å². The normalized spacial score (nSPS) is 18.3. The molecule has 0 atom stereocenters. The van der Waals surface area contributed by atoms with Gasteiger partial charge in [0.05, 0.1) is 11.0 Å². The molecule has 178 valence electrons. The van der Waals surface area contributed by atoms with E-state index >= 15 is 0 Å². The van der Waals surface area contributed by atoms with Crippen molar-refractivity contribution in [3.8, 4) is 0 Å². The van der Waals surface area contributed by atoms with Crippen molar-refractivity contribution in [2.45, 2.75) is 86.5 Å². The molecule has 0 amide bonds. The van der Waals surface area contributed by atoms with E-state index in [0.717, 1.165) is 6.42 Å².